The summed E-state index contributed by atoms with van der Waals surface area (Å²) in [5, 5.41) is 0. The number of hydrogen-bond donors (Lipinski definition) is 0. The fraction of sp³-hybridized carbons (Fsp3) is 0.429. The van der Waals surface area contributed by atoms with Gasteiger partial charge in [-0.2, -0.15) is 0 Å². The van der Waals surface area contributed by atoms with Crippen LogP contribution in [0.5, 0.6) is 0 Å². The van der Waals surface area contributed by atoms with Crippen molar-refractivity contribution in [3.63, 3.8) is 0 Å². The Hall–Kier alpha value is -4.84. The Morgan fingerprint density at radius 3 is 1.29 bits per heavy atom. The first-order chi connectivity index (χ1) is 26.8. The van der Waals surface area contributed by atoms with Gasteiger partial charge >= 0.3 is 0 Å². The largest absolute Gasteiger partial charge is 0.328 e. The summed E-state index contributed by atoms with van der Waals surface area (Å²) in [5.74, 6) is 1.73. The average Bonchev–Trinajstić information content (AvgIpc) is 3.45. The van der Waals surface area contributed by atoms with Crippen LogP contribution in [0, 0.1) is 13.8 Å². The second kappa shape index (κ2) is 17.3. The highest BCUT2D eigenvalue weighted by atomic mass is 15.2. The van der Waals surface area contributed by atoms with Crippen LogP contribution in [0.15, 0.2) is 85.2 Å². The number of hydrogen-bond acceptors (Lipinski definition) is 6. The average molecular weight is 733 g/mol. The third-order valence-electron chi connectivity index (χ3n) is 12.2. The van der Waals surface area contributed by atoms with Gasteiger partial charge in [-0.25, -0.2) is 9.97 Å². The topological polar surface area (TPSA) is 58.0 Å². The molecule has 0 saturated heterocycles. The molecule has 0 fully saturated rings. The molecule has 6 heteroatoms. The first kappa shape index (κ1) is 38.4. The van der Waals surface area contributed by atoms with Gasteiger partial charge < -0.3 is 9.80 Å². The van der Waals surface area contributed by atoms with Crippen molar-refractivity contribution in [2.24, 2.45) is 0 Å². The predicted molar refractivity (Wildman–Crippen MR) is 233 cm³/mol. The van der Waals surface area contributed by atoms with E-state index in [1.165, 1.54) is 122 Å². The van der Waals surface area contributed by atoms with Gasteiger partial charge in [0, 0.05) is 30.9 Å². The summed E-state index contributed by atoms with van der Waals surface area (Å²) in [5.41, 5.74) is 14.3. The van der Waals surface area contributed by atoms with Crippen molar-refractivity contribution in [1.29, 1.82) is 0 Å². The number of aromatic nitrogens is 4. The second-order valence-corrected chi connectivity index (χ2v) is 16.0. The Labute approximate surface area is 329 Å². The number of fused-ring (bicyclic) bond motifs is 5. The summed E-state index contributed by atoms with van der Waals surface area (Å²) in [6, 6.07) is 26.3. The quantitative estimate of drug-likeness (QED) is 0.0820. The molecule has 7 rings (SSSR count). The van der Waals surface area contributed by atoms with Crippen LogP contribution in [0.25, 0.3) is 33.2 Å². The maximum atomic E-state index is 5.07. The zero-order valence-corrected chi connectivity index (χ0v) is 34.2. The number of aryl methyl sites for hydroxylation is 2. The number of rotatable bonds is 18. The first-order valence-electron chi connectivity index (χ1n) is 21.1. The van der Waals surface area contributed by atoms with Crippen molar-refractivity contribution in [3.05, 3.63) is 107 Å². The molecule has 1 aliphatic rings. The Morgan fingerprint density at radius 2 is 0.873 bits per heavy atom. The molecule has 0 amide bonds. The SMILES string of the molecule is CCCCCCCCC1(CCCCCCCC)c2cc(N(C)c3cnc4ccccc4n3)c(C)cc2-c2cc(C)c(N(C)c3cnc4ccccc4n3)cc21. The summed E-state index contributed by atoms with van der Waals surface area (Å²) < 4.78 is 0. The molecule has 0 bridgehead atoms. The van der Waals surface area contributed by atoms with Crippen LogP contribution >= 0.6 is 0 Å². The van der Waals surface area contributed by atoms with Crippen molar-refractivity contribution >= 4 is 45.1 Å². The van der Waals surface area contributed by atoms with Crippen LogP contribution in [0.3, 0.4) is 0 Å². The molecule has 0 aliphatic heterocycles. The Morgan fingerprint density at radius 1 is 0.491 bits per heavy atom. The molecule has 55 heavy (non-hydrogen) atoms. The summed E-state index contributed by atoms with van der Waals surface area (Å²) in [4.78, 5) is 24.2. The lowest BCUT2D eigenvalue weighted by molar-refractivity contribution is 0.398. The van der Waals surface area contributed by atoms with Crippen molar-refractivity contribution in [2.45, 2.75) is 123 Å². The molecule has 0 spiro atoms. The van der Waals surface area contributed by atoms with Gasteiger partial charge in [0.15, 0.2) is 11.6 Å². The van der Waals surface area contributed by atoms with E-state index in [1.54, 1.807) is 0 Å². The molecule has 0 radical (unpaired) electrons. The molecule has 0 atom stereocenters. The molecule has 2 heterocycles. The molecule has 286 valence electrons. The van der Waals surface area contributed by atoms with Gasteiger partial charge in [-0.3, -0.25) is 9.97 Å². The normalized spacial score (nSPS) is 13.0. The lowest BCUT2D eigenvalue weighted by Crippen LogP contribution is -2.27. The van der Waals surface area contributed by atoms with E-state index < -0.39 is 0 Å². The van der Waals surface area contributed by atoms with E-state index in [9.17, 15) is 0 Å². The van der Waals surface area contributed by atoms with Crippen LogP contribution in [0.2, 0.25) is 0 Å². The van der Waals surface area contributed by atoms with Crippen molar-refractivity contribution in [1.82, 2.24) is 19.9 Å². The molecular weight excluding hydrogens is 673 g/mol. The zero-order valence-electron chi connectivity index (χ0n) is 34.2. The summed E-state index contributed by atoms with van der Waals surface area (Å²) >= 11 is 0. The Balaban J connectivity index is 1.34. The summed E-state index contributed by atoms with van der Waals surface area (Å²) in [6.07, 6.45) is 21.6. The van der Waals surface area contributed by atoms with E-state index in [0.29, 0.717) is 0 Å². The van der Waals surface area contributed by atoms with Gasteiger partial charge in [-0.15, -0.1) is 0 Å². The lowest BCUT2D eigenvalue weighted by Gasteiger charge is -2.35. The number of benzene rings is 4. The molecule has 2 aromatic heterocycles. The summed E-state index contributed by atoms with van der Waals surface area (Å²) in [7, 11) is 4.31. The highest BCUT2D eigenvalue weighted by Gasteiger charge is 2.43. The molecule has 0 saturated carbocycles. The monoisotopic (exact) mass is 732 g/mol. The van der Waals surface area contributed by atoms with Gasteiger partial charge in [0.25, 0.3) is 0 Å². The molecular formula is C49H60N6. The fourth-order valence-electron chi connectivity index (χ4n) is 9.04. The number of anilines is 4. The molecule has 6 aromatic rings. The van der Waals surface area contributed by atoms with Crippen LogP contribution in [0.4, 0.5) is 23.0 Å². The predicted octanol–water partition coefficient (Wildman–Crippen LogP) is 13.5. The van der Waals surface area contributed by atoms with E-state index in [-0.39, 0.29) is 5.41 Å². The van der Waals surface area contributed by atoms with Crippen molar-refractivity contribution in [3.8, 4) is 11.1 Å². The van der Waals surface area contributed by atoms with Gasteiger partial charge in [0.2, 0.25) is 0 Å². The van der Waals surface area contributed by atoms with Gasteiger partial charge in [-0.1, -0.05) is 115 Å². The minimum absolute atomic E-state index is 0.0864. The van der Waals surface area contributed by atoms with Gasteiger partial charge in [0.05, 0.1) is 34.5 Å². The molecule has 0 N–H and O–H groups in total. The lowest BCUT2D eigenvalue weighted by atomic mass is 9.70. The minimum atomic E-state index is -0.0864. The minimum Gasteiger partial charge on any atom is -0.328 e. The van der Waals surface area contributed by atoms with Crippen molar-refractivity contribution in [2.75, 3.05) is 23.9 Å². The number of nitrogens with zero attached hydrogens (tertiary/aromatic N) is 6. The number of unbranched alkanes of at least 4 members (excludes halogenated alkanes) is 10. The highest BCUT2D eigenvalue weighted by molar-refractivity contribution is 5.88. The Kier molecular flexibility index (Phi) is 12.1. The third kappa shape index (κ3) is 7.97. The van der Waals surface area contributed by atoms with Gasteiger partial charge in [-0.05, 0) is 109 Å². The van der Waals surface area contributed by atoms with Crippen LogP contribution in [-0.2, 0) is 5.41 Å². The van der Waals surface area contributed by atoms with E-state index in [2.05, 4.69) is 88.0 Å². The van der Waals surface area contributed by atoms with E-state index >= 15 is 0 Å². The molecule has 6 nitrogen and oxygen atoms in total. The van der Waals surface area contributed by atoms with Crippen LogP contribution in [0.1, 0.15) is 126 Å². The van der Waals surface area contributed by atoms with Gasteiger partial charge in [0.1, 0.15) is 0 Å². The standard InChI is InChI=1S/C49H60N6/c1-7-9-11-13-15-21-27-49(28-22-16-14-12-10-8-2)39-31-45(54(5)47-33-50-41-23-17-19-25-43(41)52-47)35(3)29-37(39)38-30-36(4)46(32-40(38)49)55(6)48-34-51-42-24-18-20-26-44(42)53-48/h17-20,23-26,29-34H,7-16,21-22,27-28H2,1-6H3. The first-order valence-corrected chi connectivity index (χ1v) is 21.1. The zero-order chi connectivity index (χ0) is 38.4. The van der Waals surface area contributed by atoms with Crippen LogP contribution < -0.4 is 9.80 Å². The molecule has 1 aliphatic carbocycles. The molecule has 0 unspecified atom stereocenters. The smallest absolute Gasteiger partial charge is 0.152 e. The van der Waals surface area contributed by atoms with Crippen molar-refractivity contribution < 1.29 is 0 Å². The third-order valence-corrected chi connectivity index (χ3v) is 12.2. The van der Waals surface area contributed by atoms with E-state index in [4.69, 9.17) is 19.9 Å². The molecule has 4 aromatic carbocycles. The van der Waals surface area contributed by atoms with Crippen LogP contribution in [-0.4, -0.2) is 34.0 Å². The fourth-order valence-corrected chi connectivity index (χ4v) is 9.04. The Bertz CT molecular complexity index is 2080. The highest BCUT2D eigenvalue weighted by Crippen LogP contribution is 2.57. The van der Waals surface area contributed by atoms with E-state index in [0.717, 1.165) is 46.5 Å². The maximum absolute atomic E-state index is 5.07. The summed E-state index contributed by atoms with van der Waals surface area (Å²) in [6.45, 7) is 9.13. The maximum Gasteiger partial charge on any atom is 0.152 e. The van der Waals surface area contributed by atoms with E-state index in [1.807, 2.05) is 48.8 Å². The second-order valence-electron chi connectivity index (χ2n) is 16.0. The number of para-hydroxylation sites is 4.